The molecule has 23 heavy (non-hydrogen) atoms. The first-order chi connectivity index (χ1) is 10.8. The summed E-state index contributed by atoms with van der Waals surface area (Å²) in [5, 5.41) is 23.8. The van der Waals surface area contributed by atoms with Gasteiger partial charge in [0.05, 0.1) is 9.85 Å². The molecule has 0 aromatic heterocycles. The number of carbonyl (C=O) groups is 1. The van der Waals surface area contributed by atoms with Crippen molar-refractivity contribution in [2.45, 2.75) is 6.92 Å². The molecule has 2 aromatic rings. The van der Waals surface area contributed by atoms with Gasteiger partial charge in [-0.25, -0.2) is 0 Å². The van der Waals surface area contributed by atoms with Gasteiger partial charge in [-0.1, -0.05) is 0 Å². The van der Waals surface area contributed by atoms with Crippen LogP contribution in [-0.4, -0.2) is 15.8 Å². The molecule has 118 valence electrons. The van der Waals surface area contributed by atoms with E-state index in [0.717, 1.165) is 12.1 Å². The molecule has 1 N–H and O–H groups in total. The van der Waals surface area contributed by atoms with Gasteiger partial charge in [-0.15, -0.1) is 0 Å². The van der Waals surface area contributed by atoms with Crippen LogP contribution in [0.15, 0.2) is 36.4 Å². The average molecular weight is 319 g/mol. The smallest absolute Gasteiger partial charge is 0.306 e. The minimum Gasteiger partial charge on any atom is -0.322 e. The first kappa shape index (κ1) is 16.0. The fourth-order valence-electron chi connectivity index (χ4n) is 1.94. The van der Waals surface area contributed by atoms with Crippen LogP contribution >= 0.6 is 0 Å². The fourth-order valence-corrected chi connectivity index (χ4v) is 1.94. The van der Waals surface area contributed by atoms with E-state index in [0.29, 0.717) is 5.56 Å². The molecular weight excluding hydrogens is 309 g/mol. The summed E-state index contributed by atoms with van der Waals surface area (Å²) >= 11 is 0. The van der Waals surface area contributed by atoms with Gasteiger partial charge in [0.1, 0.15) is 0 Å². The van der Waals surface area contributed by atoms with Crippen molar-refractivity contribution in [2.75, 3.05) is 5.32 Å². The third kappa shape index (κ3) is 3.46. The number of nitro groups is 2. The highest BCUT2D eigenvalue weighted by Crippen LogP contribution is 2.23. The van der Waals surface area contributed by atoms with Crippen molar-refractivity contribution in [3.63, 3.8) is 0 Å². The molecule has 0 saturated carbocycles. The maximum absolute atomic E-state index is 13.2. The zero-order valence-corrected chi connectivity index (χ0v) is 11.8. The van der Waals surface area contributed by atoms with Gasteiger partial charge in [0.15, 0.2) is 0 Å². The first-order valence-electron chi connectivity index (χ1n) is 6.30. The number of hydrogen-bond acceptors (Lipinski definition) is 5. The summed E-state index contributed by atoms with van der Waals surface area (Å²) in [6.07, 6.45) is 0. The number of rotatable bonds is 4. The molecule has 0 heterocycles. The summed E-state index contributed by atoms with van der Waals surface area (Å²) < 4.78 is 13.2. The lowest BCUT2D eigenvalue weighted by Crippen LogP contribution is -2.12. The Labute approximate surface area is 128 Å². The lowest BCUT2D eigenvalue weighted by atomic mass is 10.1. The lowest BCUT2D eigenvalue weighted by molar-refractivity contribution is -0.387. The molecule has 2 rings (SSSR count). The Bertz CT molecular complexity index is 822. The molecule has 9 heteroatoms. The highest BCUT2D eigenvalue weighted by atomic mass is 19.1. The van der Waals surface area contributed by atoms with Crippen LogP contribution < -0.4 is 5.32 Å². The maximum atomic E-state index is 13.2. The molecule has 2 aromatic carbocycles. The predicted octanol–water partition coefficient (Wildman–Crippen LogP) is 3.20. The van der Waals surface area contributed by atoms with E-state index in [1.807, 2.05) is 0 Å². The zero-order chi connectivity index (χ0) is 17.1. The van der Waals surface area contributed by atoms with E-state index in [4.69, 9.17) is 0 Å². The Balaban J connectivity index is 2.26. The molecule has 0 aliphatic rings. The van der Waals surface area contributed by atoms with Crippen LogP contribution in [0.4, 0.5) is 21.5 Å². The van der Waals surface area contributed by atoms with Crippen LogP contribution in [0.25, 0.3) is 0 Å². The van der Waals surface area contributed by atoms with Crippen molar-refractivity contribution in [1.82, 2.24) is 0 Å². The molecule has 0 radical (unpaired) electrons. The van der Waals surface area contributed by atoms with Gasteiger partial charge in [0.2, 0.25) is 5.82 Å². The standard InChI is InChI=1S/C14H10FN3O5/c1-8-6-9(2-5-12(8)17(20)21)14(19)16-10-3-4-11(15)13(7-10)18(22)23/h2-7H,1H3,(H,16,19). The second kappa shape index (κ2) is 6.18. The Morgan fingerprint density at radius 3 is 2.26 bits per heavy atom. The van der Waals surface area contributed by atoms with Crippen molar-refractivity contribution in [2.24, 2.45) is 0 Å². The Kier molecular flexibility index (Phi) is 4.30. The van der Waals surface area contributed by atoms with E-state index in [1.165, 1.54) is 31.2 Å². The number of nitrogens with zero attached hydrogens (tertiary/aromatic N) is 2. The SMILES string of the molecule is Cc1cc(C(=O)Nc2ccc(F)c([N+](=O)[O-])c2)ccc1[N+](=O)[O-]. The van der Waals surface area contributed by atoms with Crippen LogP contribution in [0.1, 0.15) is 15.9 Å². The van der Waals surface area contributed by atoms with Crippen molar-refractivity contribution < 1.29 is 19.0 Å². The number of aryl methyl sites for hydroxylation is 1. The van der Waals surface area contributed by atoms with Crippen LogP contribution in [0.3, 0.4) is 0 Å². The largest absolute Gasteiger partial charge is 0.322 e. The Morgan fingerprint density at radius 2 is 1.70 bits per heavy atom. The van der Waals surface area contributed by atoms with Gasteiger partial charge in [-0.05, 0) is 31.2 Å². The van der Waals surface area contributed by atoms with Crippen LogP contribution in [0.5, 0.6) is 0 Å². The van der Waals surface area contributed by atoms with E-state index < -0.39 is 27.3 Å². The van der Waals surface area contributed by atoms with Crippen LogP contribution in [0.2, 0.25) is 0 Å². The molecule has 1 amide bonds. The number of hydrogen-bond donors (Lipinski definition) is 1. The fraction of sp³-hybridized carbons (Fsp3) is 0.0714. The summed E-state index contributed by atoms with van der Waals surface area (Å²) in [6.45, 7) is 1.48. The van der Waals surface area contributed by atoms with Crippen molar-refractivity contribution >= 4 is 23.0 Å². The van der Waals surface area contributed by atoms with Gasteiger partial charge in [0.25, 0.3) is 11.6 Å². The second-order valence-electron chi connectivity index (χ2n) is 4.64. The first-order valence-corrected chi connectivity index (χ1v) is 6.30. The highest BCUT2D eigenvalue weighted by molar-refractivity contribution is 6.04. The quantitative estimate of drug-likeness (QED) is 0.686. The topological polar surface area (TPSA) is 115 Å². The number of nitro benzene ring substituents is 2. The molecule has 0 atom stereocenters. The minimum atomic E-state index is -1.01. The number of carbonyl (C=O) groups excluding carboxylic acids is 1. The summed E-state index contributed by atoms with van der Waals surface area (Å²) in [7, 11) is 0. The summed E-state index contributed by atoms with van der Waals surface area (Å²) in [5.41, 5.74) is -0.409. The molecule has 0 fully saturated rings. The molecule has 0 unspecified atom stereocenters. The highest BCUT2D eigenvalue weighted by Gasteiger charge is 2.17. The third-order valence-electron chi connectivity index (χ3n) is 3.06. The maximum Gasteiger partial charge on any atom is 0.306 e. The van der Waals surface area contributed by atoms with Gasteiger partial charge in [0, 0.05) is 28.9 Å². The lowest BCUT2D eigenvalue weighted by Gasteiger charge is -2.06. The van der Waals surface area contributed by atoms with Gasteiger partial charge in [-0.3, -0.25) is 25.0 Å². The predicted molar refractivity (Wildman–Crippen MR) is 78.8 cm³/mol. The molecular formula is C14H10FN3O5. The number of amides is 1. The summed E-state index contributed by atoms with van der Waals surface area (Å²) in [5.74, 6) is -1.64. The van der Waals surface area contributed by atoms with Gasteiger partial charge in [-0.2, -0.15) is 4.39 Å². The van der Waals surface area contributed by atoms with Crippen LogP contribution in [0, 0.1) is 33.0 Å². The molecule has 0 aliphatic heterocycles. The average Bonchev–Trinajstić information content (AvgIpc) is 2.48. The van der Waals surface area contributed by atoms with E-state index >= 15 is 0 Å². The zero-order valence-electron chi connectivity index (χ0n) is 11.8. The van der Waals surface area contributed by atoms with Crippen LogP contribution in [-0.2, 0) is 0 Å². The van der Waals surface area contributed by atoms with Crippen molar-refractivity contribution in [1.29, 1.82) is 0 Å². The summed E-state index contributed by atoms with van der Waals surface area (Å²) in [4.78, 5) is 32.0. The normalized spacial score (nSPS) is 10.2. The number of anilines is 1. The monoisotopic (exact) mass is 319 g/mol. The van der Waals surface area contributed by atoms with E-state index in [1.54, 1.807) is 0 Å². The molecule has 0 spiro atoms. The number of halogens is 1. The molecule has 0 bridgehead atoms. The Morgan fingerprint density at radius 1 is 1.04 bits per heavy atom. The number of nitrogens with one attached hydrogen (secondary N) is 1. The van der Waals surface area contributed by atoms with Crippen molar-refractivity contribution in [3.05, 3.63) is 73.6 Å². The van der Waals surface area contributed by atoms with Crippen molar-refractivity contribution in [3.8, 4) is 0 Å². The second-order valence-corrected chi connectivity index (χ2v) is 4.64. The third-order valence-corrected chi connectivity index (χ3v) is 3.06. The molecule has 0 aliphatic carbocycles. The van der Waals surface area contributed by atoms with E-state index in [2.05, 4.69) is 5.32 Å². The number of benzene rings is 2. The molecule has 0 saturated heterocycles. The Hall–Kier alpha value is -3.36. The van der Waals surface area contributed by atoms with Gasteiger partial charge >= 0.3 is 5.69 Å². The van der Waals surface area contributed by atoms with E-state index in [-0.39, 0.29) is 16.9 Å². The van der Waals surface area contributed by atoms with Gasteiger partial charge < -0.3 is 5.32 Å². The summed E-state index contributed by atoms with van der Waals surface area (Å²) in [6, 6.07) is 6.72. The minimum absolute atomic E-state index is 0.0408. The van der Waals surface area contributed by atoms with E-state index in [9.17, 15) is 29.4 Å². The molecule has 8 nitrogen and oxygen atoms in total.